The molecule has 0 fully saturated rings. The van der Waals surface area contributed by atoms with E-state index < -0.39 is 0 Å². The van der Waals surface area contributed by atoms with Crippen molar-refractivity contribution < 1.29 is 0 Å². The highest BCUT2D eigenvalue weighted by Gasteiger charge is 2.10. The monoisotopic (exact) mass is 298 g/mol. The van der Waals surface area contributed by atoms with Gasteiger partial charge in [-0.25, -0.2) is 0 Å². The highest BCUT2D eigenvalue weighted by Crippen LogP contribution is 2.32. The zero-order chi connectivity index (χ0) is 16.2. The Hall–Kier alpha value is -2.60. The predicted molar refractivity (Wildman–Crippen MR) is 100 cm³/mol. The number of hydrogen-bond donors (Lipinski definition) is 0. The number of hydrogen-bond acceptors (Lipinski definition) is 0. The van der Waals surface area contributed by atoms with Crippen LogP contribution in [0.25, 0.3) is 11.1 Å². The van der Waals surface area contributed by atoms with Crippen LogP contribution < -0.4 is 0 Å². The quantitative estimate of drug-likeness (QED) is 0.499. The van der Waals surface area contributed by atoms with Gasteiger partial charge in [0.2, 0.25) is 0 Å². The van der Waals surface area contributed by atoms with E-state index in [9.17, 15) is 0 Å². The highest BCUT2D eigenvalue weighted by molar-refractivity contribution is 5.97. The van der Waals surface area contributed by atoms with Gasteiger partial charge in [0.1, 0.15) is 0 Å². The van der Waals surface area contributed by atoms with Crippen molar-refractivity contribution in [1.82, 2.24) is 0 Å². The molecular formula is C23H22. The van der Waals surface area contributed by atoms with Crippen LogP contribution >= 0.6 is 0 Å². The molecule has 0 saturated heterocycles. The maximum absolute atomic E-state index is 2.22. The molecule has 0 heteroatoms. The minimum Gasteiger partial charge on any atom is -0.0622 e. The molecule has 3 aromatic carbocycles. The molecule has 0 aliphatic carbocycles. The van der Waals surface area contributed by atoms with Crippen LogP contribution in [0.1, 0.15) is 34.7 Å². The zero-order valence-corrected chi connectivity index (χ0v) is 14.0. The van der Waals surface area contributed by atoms with Crippen molar-refractivity contribution in [2.75, 3.05) is 0 Å². The van der Waals surface area contributed by atoms with Gasteiger partial charge >= 0.3 is 0 Å². The van der Waals surface area contributed by atoms with Crippen molar-refractivity contribution in [1.29, 1.82) is 0 Å². The van der Waals surface area contributed by atoms with Crippen molar-refractivity contribution in [3.8, 4) is 0 Å². The molecule has 0 atom stereocenters. The van der Waals surface area contributed by atoms with Gasteiger partial charge in [0.05, 0.1) is 0 Å². The molecule has 0 bridgehead atoms. The summed E-state index contributed by atoms with van der Waals surface area (Å²) in [6.07, 6.45) is 0. The lowest BCUT2D eigenvalue weighted by Crippen LogP contribution is -1.93. The fourth-order valence-corrected chi connectivity index (χ4v) is 2.87. The van der Waals surface area contributed by atoms with Crippen molar-refractivity contribution in [3.05, 3.63) is 107 Å². The van der Waals surface area contributed by atoms with E-state index in [4.69, 9.17) is 0 Å². The Morgan fingerprint density at radius 1 is 0.522 bits per heavy atom. The van der Waals surface area contributed by atoms with E-state index in [0.717, 1.165) is 0 Å². The molecule has 0 nitrogen and oxygen atoms in total. The topological polar surface area (TPSA) is 0 Å². The molecule has 0 heterocycles. The van der Waals surface area contributed by atoms with Gasteiger partial charge in [-0.05, 0) is 48.6 Å². The molecule has 0 aliphatic heterocycles. The molecule has 0 saturated carbocycles. The highest BCUT2D eigenvalue weighted by atomic mass is 14.1. The van der Waals surface area contributed by atoms with Crippen LogP contribution in [0.2, 0.25) is 0 Å². The van der Waals surface area contributed by atoms with Gasteiger partial charge < -0.3 is 0 Å². The van der Waals surface area contributed by atoms with Crippen LogP contribution in [-0.2, 0) is 0 Å². The van der Waals surface area contributed by atoms with E-state index in [1.54, 1.807) is 0 Å². The summed E-state index contributed by atoms with van der Waals surface area (Å²) in [7, 11) is 0. The van der Waals surface area contributed by atoms with Crippen LogP contribution in [-0.4, -0.2) is 0 Å². The lowest BCUT2D eigenvalue weighted by Gasteiger charge is -2.15. The van der Waals surface area contributed by atoms with Crippen LogP contribution in [0.3, 0.4) is 0 Å². The lowest BCUT2D eigenvalue weighted by molar-refractivity contribution is 1.42. The third kappa shape index (κ3) is 3.43. The van der Waals surface area contributed by atoms with Gasteiger partial charge in [-0.15, -0.1) is 0 Å². The molecule has 114 valence electrons. The Morgan fingerprint density at radius 3 is 1.39 bits per heavy atom. The van der Waals surface area contributed by atoms with E-state index in [1.807, 2.05) is 0 Å². The Kier molecular flexibility index (Phi) is 4.43. The Balaban J connectivity index is 2.21. The maximum Gasteiger partial charge on any atom is -0.00762 e. The number of aryl methyl sites for hydroxylation is 2. The first-order valence-electron chi connectivity index (χ1n) is 8.05. The van der Waals surface area contributed by atoms with Gasteiger partial charge in [0.25, 0.3) is 0 Å². The Morgan fingerprint density at radius 2 is 0.957 bits per heavy atom. The summed E-state index contributed by atoms with van der Waals surface area (Å²) in [5, 5.41) is 0. The molecule has 3 rings (SSSR count). The second-order valence-electron chi connectivity index (χ2n) is 6.10. The summed E-state index contributed by atoms with van der Waals surface area (Å²) < 4.78 is 0. The third-order valence-corrected chi connectivity index (χ3v) is 4.26. The number of allylic oxidation sites excluding steroid dienone is 1. The largest absolute Gasteiger partial charge is 0.0622 e. The Bertz CT molecular complexity index is 757. The van der Waals surface area contributed by atoms with Crippen LogP contribution in [0.5, 0.6) is 0 Å². The van der Waals surface area contributed by atoms with Gasteiger partial charge in [-0.1, -0.05) is 90.0 Å². The predicted octanol–water partition coefficient (Wildman–Crippen LogP) is 6.28. The van der Waals surface area contributed by atoms with Gasteiger partial charge in [-0.2, -0.15) is 0 Å². The number of benzene rings is 3. The Labute approximate surface area is 139 Å². The molecular weight excluding hydrogens is 276 g/mol. The standard InChI is InChI=1S/C23H22/c1-17-9-13-21(14-10-17)23(22-15-11-18(2)12-16-22)19(3)20-7-5-4-6-8-20/h4-16H,1-3H3. The molecule has 0 amide bonds. The van der Waals surface area contributed by atoms with Crippen LogP contribution in [0.4, 0.5) is 0 Å². The number of rotatable bonds is 3. The van der Waals surface area contributed by atoms with Crippen molar-refractivity contribution in [2.45, 2.75) is 20.8 Å². The average Bonchev–Trinajstić information content (AvgIpc) is 2.59. The molecule has 0 aliphatic rings. The first-order chi connectivity index (χ1) is 11.1. The van der Waals surface area contributed by atoms with E-state index in [1.165, 1.54) is 39.0 Å². The first-order valence-corrected chi connectivity index (χ1v) is 8.05. The molecule has 23 heavy (non-hydrogen) atoms. The van der Waals surface area contributed by atoms with Crippen molar-refractivity contribution in [3.63, 3.8) is 0 Å². The summed E-state index contributed by atoms with van der Waals surface area (Å²) in [4.78, 5) is 0. The molecule has 0 spiro atoms. The van der Waals surface area contributed by atoms with Gasteiger partial charge in [-0.3, -0.25) is 0 Å². The molecule has 0 aromatic heterocycles. The minimum atomic E-state index is 1.26. The van der Waals surface area contributed by atoms with Crippen molar-refractivity contribution >= 4 is 11.1 Å². The second-order valence-corrected chi connectivity index (χ2v) is 6.10. The fraction of sp³-hybridized carbons (Fsp3) is 0.130. The zero-order valence-electron chi connectivity index (χ0n) is 14.0. The van der Waals surface area contributed by atoms with Crippen molar-refractivity contribution in [2.24, 2.45) is 0 Å². The van der Waals surface area contributed by atoms with Crippen LogP contribution in [0, 0.1) is 13.8 Å². The second kappa shape index (κ2) is 6.66. The normalized spacial score (nSPS) is 10.4. The van der Waals surface area contributed by atoms with Crippen LogP contribution in [0.15, 0.2) is 78.9 Å². The summed E-state index contributed by atoms with van der Waals surface area (Å²) in [6.45, 7) is 6.47. The van der Waals surface area contributed by atoms with E-state index in [-0.39, 0.29) is 0 Å². The van der Waals surface area contributed by atoms with E-state index in [2.05, 4.69) is 99.6 Å². The maximum atomic E-state index is 2.22. The summed E-state index contributed by atoms with van der Waals surface area (Å²) in [5.74, 6) is 0. The average molecular weight is 298 g/mol. The summed E-state index contributed by atoms with van der Waals surface area (Å²) >= 11 is 0. The van der Waals surface area contributed by atoms with E-state index in [0.29, 0.717) is 0 Å². The molecule has 0 N–H and O–H groups in total. The smallest absolute Gasteiger partial charge is 0.00762 e. The SMILES string of the molecule is CC(=C(c1ccc(C)cc1)c1ccc(C)cc1)c1ccccc1. The fourth-order valence-electron chi connectivity index (χ4n) is 2.87. The van der Waals surface area contributed by atoms with E-state index >= 15 is 0 Å². The minimum absolute atomic E-state index is 1.26. The first kappa shape index (κ1) is 15.3. The molecule has 0 unspecified atom stereocenters. The molecule has 0 radical (unpaired) electrons. The summed E-state index contributed by atoms with van der Waals surface area (Å²) in [6, 6.07) is 28.2. The van der Waals surface area contributed by atoms with Gasteiger partial charge in [0.15, 0.2) is 0 Å². The van der Waals surface area contributed by atoms with Gasteiger partial charge in [0, 0.05) is 0 Å². The third-order valence-electron chi connectivity index (χ3n) is 4.26. The summed E-state index contributed by atoms with van der Waals surface area (Å²) in [5.41, 5.74) is 8.98. The lowest BCUT2D eigenvalue weighted by atomic mass is 9.90. The molecule has 3 aromatic rings.